The minimum absolute atomic E-state index is 0.102. The Morgan fingerprint density at radius 1 is 1.25 bits per heavy atom. The first-order valence-corrected chi connectivity index (χ1v) is 6.75. The number of nitrogens with two attached hydrogens (primary N) is 1. The summed E-state index contributed by atoms with van der Waals surface area (Å²) in [7, 11) is 0. The van der Waals surface area contributed by atoms with Crippen molar-refractivity contribution in [2.75, 3.05) is 11.4 Å². The Labute approximate surface area is 119 Å². The molecule has 1 rings (SSSR count). The Hall–Kier alpha value is -1.88. The molecule has 0 heterocycles. The lowest BCUT2D eigenvalue weighted by Gasteiger charge is -2.26. The molecule has 0 unspecified atom stereocenters. The van der Waals surface area contributed by atoms with Gasteiger partial charge in [0.25, 0.3) is 0 Å². The van der Waals surface area contributed by atoms with Gasteiger partial charge in [0.2, 0.25) is 5.91 Å². The lowest BCUT2D eigenvalue weighted by Crippen LogP contribution is -2.45. The second kappa shape index (κ2) is 7.65. The summed E-state index contributed by atoms with van der Waals surface area (Å²) >= 11 is 0. The van der Waals surface area contributed by atoms with Crippen LogP contribution in [-0.2, 0) is 9.59 Å². The molecule has 1 atom stereocenters. The van der Waals surface area contributed by atoms with E-state index < -0.39 is 12.0 Å². The van der Waals surface area contributed by atoms with Gasteiger partial charge in [0.05, 0.1) is 12.5 Å². The maximum atomic E-state index is 12.4. The van der Waals surface area contributed by atoms with Crippen LogP contribution in [-0.4, -0.2) is 29.6 Å². The van der Waals surface area contributed by atoms with Crippen LogP contribution < -0.4 is 10.6 Å². The first-order chi connectivity index (χ1) is 9.41. The molecule has 0 aliphatic heterocycles. The summed E-state index contributed by atoms with van der Waals surface area (Å²) in [4.78, 5) is 24.6. The van der Waals surface area contributed by atoms with E-state index in [4.69, 9.17) is 10.8 Å². The Morgan fingerprint density at radius 2 is 1.85 bits per heavy atom. The molecule has 1 amide bonds. The number of aliphatic carboxylic acids is 1. The van der Waals surface area contributed by atoms with Crippen molar-refractivity contribution in [1.29, 1.82) is 0 Å². The second-order valence-electron chi connectivity index (χ2n) is 5.21. The number of anilines is 1. The number of amides is 1. The molecule has 0 fully saturated rings. The predicted octanol–water partition coefficient (Wildman–Crippen LogP) is 1.87. The summed E-state index contributed by atoms with van der Waals surface area (Å²) in [5, 5.41) is 8.81. The normalized spacial score (nSPS) is 12.2. The van der Waals surface area contributed by atoms with Crippen molar-refractivity contribution in [2.45, 2.75) is 32.7 Å². The van der Waals surface area contributed by atoms with Gasteiger partial charge in [-0.1, -0.05) is 32.0 Å². The highest BCUT2D eigenvalue weighted by atomic mass is 16.4. The van der Waals surface area contributed by atoms with Crippen LogP contribution in [0.25, 0.3) is 0 Å². The van der Waals surface area contributed by atoms with Crippen LogP contribution in [0.15, 0.2) is 30.3 Å². The van der Waals surface area contributed by atoms with Gasteiger partial charge in [0.15, 0.2) is 0 Å². The van der Waals surface area contributed by atoms with E-state index in [1.165, 1.54) is 4.90 Å². The molecule has 0 bridgehead atoms. The Kier molecular flexibility index (Phi) is 6.18. The van der Waals surface area contributed by atoms with Crippen LogP contribution >= 0.6 is 0 Å². The fraction of sp³-hybridized carbons (Fsp3) is 0.467. The molecule has 0 saturated heterocycles. The number of nitrogens with zero attached hydrogens (tertiary/aromatic N) is 1. The average molecular weight is 278 g/mol. The van der Waals surface area contributed by atoms with Gasteiger partial charge >= 0.3 is 5.97 Å². The molecule has 1 aromatic rings. The van der Waals surface area contributed by atoms with Gasteiger partial charge in [-0.15, -0.1) is 0 Å². The topological polar surface area (TPSA) is 83.6 Å². The van der Waals surface area contributed by atoms with E-state index in [1.807, 2.05) is 32.0 Å². The number of para-hydroxylation sites is 1. The summed E-state index contributed by atoms with van der Waals surface area (Å²) in [5.74, 6) is -0.853. The van der Waals surface area contributed by atoms with Crippen molar-refractivity contribution in [3.05, 3.63) is 30.3 Å². The number of rotatable bonds is 7. The first kappa shape index (κ1) is 16.2. The largest absolute Gasteiger partial charge is 0.481 e. The van der Waals surface area contributed by atoms with Crippen LogP contribution in [0.3, 0.4) is 0 Å². The van der Waals surface area contributed by atoms with Crippen LogP contribution in [0.5, 0.6) is 0 Å². The van der Waals surface area contributed by atoms with Gasteiger partial charge in [-0.2, -0.15) is 0 Å². The summed E-state index contributed by atoms with van der Waals surface area (Å²) in [5.41, 5.74) is 6.60. The molecule has 3 N–H and O–H groups in total. The van der Waals surface area contributed by atoms with Crippen LogP contribution in [0, 0.1) is 5.92 Å². The van der Waals surface area contributed by atoms with E-state index in [2.05, 4.69) is 0 Å². The molecule has 5 nitrogen and oxygen atoms in total. The highest BCUT2D eigenvalue weighted by Crippen LogP contribution is 2.16. The van der Waals surface area contributed by atoms with E-state index in [9.17, 15) is 9.59 Å². The van der Waals surface area contributed by atoms with Crippen molar-refractivity contribution in [1.82, 2.24) is 0 Å². The third kappa shape index (κ3) is 5.01. The summed E-state index contributed by atoms with van der Waals surface area (Å²) < 4.78 is 0. The van der Waals surface area contributed by atoms with Gasteiger partial charge in [0.1, 0.15) is 0 Å². The third-order valence-electron chi connectivity index (χ3n) is 2.93. The van der Waals surface area contributed by atoms with E-state index in [1.54, 1.807) is 12.1 Å². The summed E-state index contributed by atoms with van der Waals surface area (Å²) in [6.07, 6.45) is 0.476. The maximum Gasteiger partial charge on any atom is 0.305 e. The summed E-state index contributed by atoms with van der Waals surface area (Å²) in [6.45, 7) is 4.12. The smallest absolute Gasteiger partial charge is 0.305 e. The molecule has 1 aromatic carbocycles. The van der Waals surface area contributed by atoms with Gasteiger partial charge in [-0.05, 0) is 24.5 Å². The minimum Gasteiger partial charge on any atom is -0.481 e. The van der Waals surface area contributed by atoms with Crippen LogP contribution in [0.2, 0.25) is 0 Å². The Bertz CT molecular complexity index is 446. The number of hydrogen-bond acceptors (Lipinski definition) is 3. The molecular formula is C15H22N2O3. The van der Waals surface area contributed by atoms with Crippen molar-refractivity contribution >= 4 is 17.6 Å². The molecule has 20 heavy (non-hydrogen) atoms. The van der Waals surface area contributed by atoms with Gasteiger partial charge in [-0.25, -0.2) is 0 Å². The lowest BCUT2D eigenvalue weighted by atomic mass is 10.0. The predicted molar refractivity (Wildman–Crippen MR) is 78.5 cm³/mol. The van der Waals surface area contributed by atoms with E-state index in [0.717, 1.165) is 0 Å². The highest BCUT2D eigenvalue weighted by molar-refractivity contribution is 5.97. The molecular weight excluding hydrogens is 256 g/mol. The monoisotopic (exact) mass is 278 g/mol. The SMILES string of the molecule is CC(C)C[C@H](N)C(=O)N(CCC(=O)O)c1ccccc1. The second-order valence-corrected chi connectivity index (χ2v) is 5.21. The van der Waals surface area contributed by atoms with E-state index >= 15 is 0 Å². The first-order valence-electron chi connectivity index (χ1n) is 6.75. The van der Waals surface area contributed by atoms with Gasteiger partial charge in [-0.3, -0.25) is 9.59 Å². The van der Waals surface area contributed by atoms with Crippen LogP contribution in [0.4, 0.5) is 5.69 Å². The van der Waals surface area contributed by atoms with Crippen molar-refractivity contribution in [3.63, 3.8) is 0 Å². The lowest BCUT2D eigenvalue weighted by molar-refractivity contribution is -0.136. The number of carboxylic acid groups (broad SMARTS) is 1. The minimum atomic E-state index is -0.934. The summed E-state index contributed by atoms with van der Waals surface area (Å²) in [6, 6.07) is 8.42. The Morgan fingerprint density at radius 3 is 2.35 bits per heavy atom. The number of carbonyl (C=O) groups excluding carboxylic acids is 1. The quantitative estimate of drug-likeness (QED) is 0.797. The molecule has 0 saturated carbocycles. The van der Waals surface area contributed by atoms with E-state index in [-0.39, 0.29) is 18.9 Å². The zero-order valence-corrected chi connectivity index (χ0v) is 12.0. The van der Waals surface area contributed by atoms with Gasteiger partial charge in [0, 0.05) is 12.2 Å². The number of hydrogen-bond donors (Lipinski definition) is 2. The number of carbonyl (C=O) groups is 2. The zero-order valence-electron chi connectivity index (χ0n) is 12.0. The molecule has 0 aromatic heterocycles. The fourth-order valence-electron chi connectivity index (χ4n) is 1.99. The number of carboxylic acids is 1. The van der Waals surface area contributed by atoms with Crippen LogP contribution in [0.1, 0.15) is 26.7 Å². The third-order valence-corrected chi connectivity index (χ3v) is 2.93. The van der Waals surface area contributed by atoms with Crippen molar-refractivity contribution in [2.24, 2.45) is 11.7 Å². The zero-order chi connectivity index (χ0) is 15.1. The van der Waals surface area contributed by atoms with Crippen molar-refractivity contribution in [3.8, 4) is 0 Å². The average Bonchev–Trinajstić information content (AvgIpc) is 2.38. The molecule has 5 heteroatoms. The molecule has 0 radical (unpaired) electrons. The highest BCUT2D eigenvalue weighted by Gasteiger charge is 2.23. The molecule has 110 valence electrons. The maximum absolute atomic E-state index is 12.4. The van der Waals surface area contributed by atoms with Gasteiger partial charge < -0.3 is 15.7 Å². The fourth-order valence-corrected chi connectivity index (χ4v) is 1.99. The Balaban J connectivity index is 2.87. The van der Waals surface area contributed by atoms with Crippen molar-refractivity contribution < 1.29 is 14.7 Å². The standard InChI is InChI=1S/C15H22N2O3/c1-11(2)10-13(16)15(20)17(9-8-14(18)19)12-6-4-3-5-7-12/h3-7,11,13H,8-10,16H2,1-2H3,(H,18,19)/t13-/m0/s1. The molecule has 0 spiro atoms. The number of benzene rings is 1. The molecule has 0 aliphatic rings. The molecule has 0 aliphatic carbocycles. The van der Waals surface area contributed by atoms with E-state index in [0.29, 0.717) is 18.0 Å².